The van der Waals surface area contributed by atoms with Gasteiger partial charge < -0.3 is 11.1 Å². The Morgan fingerprint density at radius 2 is 2.28 bits per heavy atom. The van der Waals surface area contributed by atoms with Crippen molar-refractivity contribution in [2.45, 2.75) is 44.9 Å². The summed E-state index contributed by atoms with van der Waals surface area (Å²) in [6.45, 7) is 2.92. The maximum Gasteiger partial charge on any atom is 0.273 e. The normalized spacial score (nSPS) is 20.7. The number of H-pyrrole nitrogens is 1. The zero-order chi connectivity index (χ0) is 12.8. The summed E-state index contributed by atoms with van der Waals surface area (Å²) in [5.74, 6) is 0.347. The average Bonchev–Trinajstić information content (AvgIpc) is 3.28. The molecule has 3 rings (SSSR count). The Kier molecular flexibility index (Phi) is 2.57. The largest absolute Gasteiger partial charge is 0.395 e. The third-order valence-corrected chi connectivity index (χ3v) is 4.37. The number of nitrogens with two attached hydrogens (primary N) is 1. The first-order chi connectivity index (χ1) is 8.65. The summed E-state index contributed by atoms with van der Waals surface area (Å²) in [4.78, 5) is 12.0. The lowest BCUT2D eigenvalue weighted by atomic mass is 10.0. The van der Waals surface area contributed by atoms with Crippen molar-refractivity contribution < 1.29 is 4.79 Å². The quantitative estimate of drug-likeness (QED) is 0.742. The van der Waals surface area contributed by atoms with Crippen molar-refractivity contribution in [3.05, 3.63) is 11.4 Å². The molecule has 1 amide bonds. The first-order valence-corrected chi connectivity index (χ1v) is 6.77. The van der Waals surface area contributed by atoms with Crippen molar-refractivity contribution in [1.29, 1.82) is 0 Å². The second kappa shape index (κ2) is 4.00. The molecule has 1 aromatic rings. The molecule has 0 saturated heterocycles. The number of nitrogens with zero attached hydrogens (tertiary/aromatic N) is 1. The van der Waals surface area contributed by atoms with Gasteiger partial charge in [-0.15, -0.1) is 0 Å². The molecule has 1 aromatic heterocycles. The number of hydrogen-bond acceptors (Lipinski definition) is 3. The first kappa shape index (κ1) is 11.6. The molecule has 0 aliphatic heterocycles. The van der Waals surface area contributed by atoms with Crippen LogP contribution in [-0.2, 0) is 0 Å². The van der Waals surface area contributed by atoms with Gasteiger partial charge in [0.15, 0.2) is 5.69 Å². The van der Waals surface area contributed by atoms with Crippen molar-refractivity contribution in [3.63, 3.8) is 0 Å². The molecule has 2 aliphatic carbocycles. The second-order valence-electron chi connectivity index (χ2n) is 5.71. The van der Waals surface area contributed by atoms with Crippen LogP contribution in [0.3, 0.4) is 0 Å². The number of aromatic nitrogens is 2. The minimum absolute atomic E-state index is 0.143. The number of rotatable bonds is 5. The molecule has 5 heteroatoms. The third-order valence-electron chi connectivity index (χ3n) is 4.37. The summed E-state index contributed by atoms with van der Waals surface area (Å²) >= 11 is 0. The SMILES string of the molecule is CCC1(CNC(=O)c2n[nH]c(C3CC3)c2N)CC1. The van der Waals surface area contributed by atoms with Crippen molar-refractivity contribution in [1.82, 2.24) is 15.5 Å². The summed E-state index contributed by atoms with van der Waals surface area (Å²) < 4.78 is 0. The zero-order valence-corrected chi connectivity index (χ0v) is 10.8. The number of aromatic amines is 1. The minimum Gasteiger partial charge on any atom is -0.395 e. The number of carbonyl (C=O) groups excluding carboxylic acids is 1. The monoisotopic (exact) mass is 248 g/mol. The van der Waals surface area contributed by atoms with Crippen molar-refractivity contribution in [2.24, 2.45) is 5.41 Å². The van der Waals surface area contributed by atoms with Gasteiger partial charge in [-0.3, -0.25) is 9.89 Å². The van der Waals surface area contributed by atoms with Gasteiger partial charge >= 0.3 is 0 Å². The van der Waals surface area contributed by atoms with E-state index in [9.17, 15) is 4.79 Å². The van der Waals surface area contributed by atoms with Crippen LogP contribution < -0.4 is 11.1 Å². The number of anilines is 1. The van der Waals surface area contributed by atoms with E-state index in [4.69, 9.17) is 5.73 Å². The molecule has 4 N–H and O–H groups in total. The molecule has 98 valence electrons. The molecule has 0 radical (unpaired) electrons. The van der Waals surface area contributed by atoms with E-state index in [1.807, 2.05) is 0 Å². The van der Waals surface area contributed by atoms with E-state index >= 15 is 0 Å². The minimum atomic E-state index is -0.143. The smallest absolute Gasteiger partial charge is 0.273 e. The molecule has 5 nitrogen and oxygen atoms in total. The second-order valence-corrected chi connectivity index (χ2v) is 5.71. The van der Waals surface area contributed by atoms with Crippen LogP contribution in [0.25, 0.3) is 0 Å². The van der Waals surface area contributed by atoms with E-state index in [2.05, 4.69) is 22.4 Å². The van der Waals surface area contributed by atoms with Gasteiger partial charge in [0.25, 0.3) is 5.91 Å². The van der Waals surface area contributed by atoms with Crippen LogP contribution in [0.2, 0.25) is 0 Å². The van der Waals surface area contributed by atoms with Gasteiger partial charge in [-0.05, 0) is 37.5 Å². The fourth-order valence-corrected chi connectivity index (χ4v) is 2.40. The fourth-order valence-electron chi connectivity index (χ4n) is 2.40. The van der Waals surface area contributed by atoms with Gasteiger partial charge in [0.2, 0.25) is 0 Å². The molecule has 0 unspecified atom stereocenters. The molecule has 2 aliphatic rings. The lowest BCUT2D eigenvalue weighted by Crippen LogP contribution is -2.30. The highest BCUT2D eigenvalue weighted by molar-refractivity contribution is 5.97. The number of nitrogen functional groups attached to an aromatic ring is 1. The standard InChI is InChI=1S/C13H20N4O/c1-2-13(5-6-13)7-15-12(18)11-9(14)10(16-17-11)8-3-4-8/h8H,2-7,14H2,1H3,(H,15,18)(H,16,17). The van der Waals surface area contributed by atoms with Crippen LogP contribution in [0.1, 0.15) is 61.1 Å². The highest BCUT2D eigenvalue weighted by Gasteiger charge is 2.41. The zero-order valence-electron chi connectivity index (χ0n) is 10.8. The Morgan fingerprint density at radius 3 is 2.83 bits per heavy atom. The Morgan fingerprint density at radius 1 is 1.56 bits per heavy atom. The molecule has 1 heterocycles. The molecule has 0 aromatic carbocycles. The van der Waals surface area contributed by atoms with Gasteiger partial charge in [0.05, 0.1) is 11.4 Å². The topological polar surface area (TPSA) is 83.8 Å². The van der Waals surface area contributed by atoms with E-state index in [0.29, 0.717) is 22.7 Å². The molecular weight excluding hydrogens is 228 g/mol. The molecular formula is C13H20N4O. The Labute approximate surface area is 107 Å². The van der Waals surface area contributed by atoms with Crippen molar-refractivity contribution in [3.8, 4) is 0 Å². The number of hydrogen-bond donors (Lipinski definition) is 3. The number of carbonyl (C=O) groups is 1. The summed E-state index contributed by atoms with van der Waals surface area (Å²) in [5.41, 5.74) is 8.17. The van der Waals surface area contributed by atoms with E-state index in [1.165, 1.54) is 12.8 Å². The van der Waals surface area contributed by atoms with Crippen LogP contribution in [-0.4, -0.2) is 22.6 Å². The molecule has 18 heavy (non-hydrogen) atoms. The average molecular weight is 248 g/mol. The third kappa shape index (κ3) is 1.98. The highest BCUT2D eigenvalue weighted by Crippen LogP contribution is 2.48. The fraction of sp³-hybridized carbons (Fsp3) is 0.692. The molecule has 0 bridgehead atoms. The van der Waals surface area contributed by atoms with Crippen LogP contribution in [0.4, 0.5) is 5.69 Å². The predicted molar refractivity (Wildman–Crippen MR) is 69.3 cm³/mol. The van der Waals surface area contributed by atoms with Gasteiger partial charge in [0, 0.05) is 12.5 Å². The van der Waals surface area contributed by atoms with Crippen LogP contribution in [0.15, 0.2) is 0 Å². The van der Waals surface area contributed by atoms with E-state index in [0.717, 1.165) is 31.5 Å². The van der Waals surface area contributed by atoms with E-state index in [1.54, 1.807) is 0 Å². The Balaban J connectivity index is 1.65. The van der Waals surface area contributed by atoms with E-state index in [-0.39, 0.29) is 5.91 Å². The van der Waals surface area contributed by atoms with Gasteiger partial charge in [-0.1, -0.05) is 6.92 Å². The molecule has 2 saturated carbocycles. The van der Waals surface area contributed by atoms with E-state index < -0.39 is 0 Å². The maximum atomic E-state index is 12.0. The van der Waals surface area contributed by atoms with Crippen LogP contribution in [0, 0.1) is 5.41 Å². The number of nitrogens with one attached hydrogen (secondary N) is 2. The van der Waals surface area contributed by atoms with Crippen LogP contribution >= 0.6 is 0 Å². The summed E-state index contributed by atoms with van der Waals surface area (Å²) in [7, 11) is 0. The van der Waals surface area contributed by atoms with Gasteiger partial charge in [-0.25, -0.2) is 0 Å². The summed E-state index contributed by atoms with van der Waals surface area (Å²) in [5, 5.41) is 9.93. The van der Waals surface area contributed by atoms with Gasteiger partial charge in [-0.2, -0.15) is 5.10 Å². The predicted octanol–water partition coefficient (Wildman–Crippen LogP) is 1.79. The number of amides is 1. The first-order valence-electron chi connectivity index (χ1n) is 6.77. The lowest BCUT2D eigenvalue weighted by Gasteiger charge is -2.12. The maximum absolute atomic E-state index is 12.0. The molecule has 2 fully saturated rings. The Bertz CT molecular complexity index is 471. The molecule has 0 atom stereocenters. The Hall–Kier alpha value is -1.52. The highest BCUT2D eigenvalue weighted by atomic mass is 16.1. The lowest BCUT2D eigenvalue weighted by molar-refractivity contribution is 0.0940. The van der Waals surface area contributed by atoms with Gasteiger partial charge in [0.1, 0.15) is 0 Å². The summed E-state index contributed by atoms with van der Waals surface area (Å²) in [6, 6.07) is 0. The summed E-state index contributed by atoms with van der Waals surface area (Å²) in [6.07, 6.45) is 5.84. The van der Waals surface area contributed by atoms with Crippen molar-refractivity contribution in [2.75, 3.05) is 12.3 Å². The van der Waals surface area contributed by atoms with Crippen molar-refractivity contribution >= 4 is 11.6 Å². The van der Waals surface area contributed by atoms with Crippen LogP contribution in [0.5, 0.6) is 0 Å². The molecule has 0 spiro atoms.